The number of aliphatic carboxylic acids is 1. The van der Waals surface area contributed by atoms with E-state index in [1.54, 1.807) is 0 Å². The van der Waals surface area contributed by atoms with Crippen molar-refractivity contribution in [1.29, 1.82) is 0 Å². The fourth-order valence-corrected chi connectivity index (χ4v) is 3.14. The van der Waals surface area contributed by atoms with Crippen molar-refractivity contribution in [2.24, 2.45) is 23.7 Å². The molecule has 4 nitrogen and oxygen atoms in total. The lowest BCUT2D eigenvalue weighted by atomic mass is 10.0. The second-order valence-electron chi connectivity index (χ2n) is 5.71. The number of carboxylic acid groups (broad SMARTS) is 1. The van der Waals surface area contributed by atoms with Gasteiger partial charge in [0.15, 0.2) is 0 Å². The standard InChI is InChI=1S/C13H21NO3/c1-7(2)11(13(16)17)14-12(15)10-8-5-3-4-6-9(8)10/h7-11H,3-6H2,1-2H3,(H,14,15)(H,16,17). The summed E-state index contributed by atoms with van der Waals surface area (Å²) in [4.78, 5) is 23.0. The summed E-state index contributed by atoms with van der Waals surface area (Å²) in [5, 5.41) is 11.7. The molecule has 0 aliphatic heterocycles. The molecule has 3 unspecified atom stereocenters. The first kappa shape index (κ1) is 12.4. The molecule has 17 heavy (non-hydrogen) atoms. The van der Waals surface area contributed by atoms with E-state index < -0.39 is 12.0 Å². The number of fused-ring (bicyclic) bond motifs is 1. The van der Waals surface area contributed by atoms with E-state index in [0.29, 0.717) is 11.8 Å². The lowest BCUT2D eigenvalue weighted by Gasteiger charge is -2.17. The summed E-state index contributed by atoms with van der Waals surface area (Å²) in [6.45, 7) is 3.64. The first-order valence-corrected chi connectivity index (χ1v) is 6.55. The predicted octanol–water partition coefficient (Wildman–Crippen LogP) is 1.65. The maximum atomic E-state index is 12.0. The predicted molar refractivity (Wildman–Crippen MR) is 63.3 cm³/mol. The molecule has 0 heterocycles. The van der Waals surface area contributed by atoms with Crippen LogP contribution in [-0.4, -0.2) is 23.0 Å². The van der Waals surface area contributed by atoms with E-state index in [2.05, 4.69) is 5.32 Å². The summed E-state index contributed by atoms with van der Waals surface area (Å²) in [7, 11) is 0. The Balaban J connectivity index is 1.91. The van der Waals surface area contributed by atoms with Crippen LogP contribution in [0.15, 0.2) is 0 Å². The van der Waals surface area contributed by atoms with Crippen molar-refractivity contribution in [3.63, 3.8) is 0 Å². The van der Waals surface area contributed by atoms with E-state index in [1.807, 2.05) is 13.8 Å². The normalized spacial score (nSPS) is 32.8. The Bertz CT molecular complexity index is 315. The van der Waals surface area contributed by atoms with Crippen LogP contribution < -0.4 is 5.32 Å². The molecule has 0 aromatic heterocycles. The van der Waals surface area contributed by atoms with E-state index in [9.17, 15) is 9.59 Å². The summed E-state index contributed by atoms with van der Waals surface area (Å²) in [5.74, 6) is 0.117. The third kappa shape index (κ3) is 2.45. The van der Waals surface area contributed by atoms with Crippen LogP contribution in [0.4, 0.5) is 0 Å². The van der Waals surface area contributed by atoms with Gasteiger partial charge in [-0.1, -0.05) is 26.7 Å². The largest absolute Gasteiger partial charge is 0.480 e. The monoisotopic (exact) mass is 239 g/mol. The topological polar surface area (TPSA) is 66.4 Å². The van der Waals surface area contributed by atoms with Crippen LogP contribution in [0.25, 0.3) is 0 Å². The molecule has 2 fully saturated rings. The van der Waals surface area contributed by atoms with Crippen LogP contribution in [0.1, 0.15) is 39.5 Å². The number of carboxylic acids is 1. The molecular formula is C13H21NO3. The van der Waals surface area contributed by atoms with Gasteiger partial charge in [-0.3, -0.25) is 4.79 Å². The second kappa shape index (κ2) is 4.67. The Morgan fingerprint density at radius 3 is 2.12 bits per heavy atom. The van der Waals surface area contributed by atoms with Gasteiger partial charge >= 0.3 is 5.97 Å². The lowest BCUT2D eigenvalue weighted by molar-refractivity contribution is -0.143. The molecule has 2 aliphatic rings. The Hall–Kier alpha value is -1.06. The Morgan fingerprint density at radius 2 is 1.71 bits per heavy atom. The van der Waals surface area contributed by atoms with E-state index in [1.165, 1.54) is 12.8 Å². The van der Waals surface area contributed by atoms with Gasteiger partial charge in [0.05, 0.1) is 0 Å². The molecule has 2 saturated carbocycles. The van der Waals surface area contributed by atoms with Gasteiger partial charge < -0.3 is 10.4 Å². The van der Waals surface area contributed by atoms with E-state index in [-0.39, 0.29) is 17.7 Å². The number of carbonyl (C=O) groups is 2. The van der Waals surface area contributed by atoms with Crippen molar-refractivity contribution in [1.82, 2.24) is 5.32 Å². The quantitative estimate of drug-likeness (QED) is 0.784. The minimum Gasteiger partial charge on any atom is -0.480 e. The Morgan fingerprint density at radius 1 is 1.18 bits per heavy atom. The molecule has 0 bridgehead atoms. The molecule has 2 aliphatic carbocycles. The highest BCUT2D eigenvalue weighted by Crippen LogP contribution is 2.55. The second-order valence-corrected chi connectivity index (χ2v) is 5.71. The van der Waals surface area contributed by atoms with E-state index >= 15 is 0 Å². The highest BCUT2D eigenvalue weighted by Gasteiger charge is 2.55. The molecule has 0 aromatic carbocycles. The molecule has 0 aromatic rings. The first-order chi connectivity index (χ1) is 8.02. The molecule has 2 N–H and O–H groups in total. The van der Waals surface area contributed by atoms with Gasteiger partial charge in [0.1, 0.15) is 6.04 Å². The fourth-order valence-electron chi connectivity index (χ4n) is 3.14. The molecule has 0 saturated heterocycles. The highest BCUT2D eigenvalue weighted by molar-refractivity contribution is 5.87. The van der Waals surface area contributed by atoms with E-state index in [0.717, 1.165) is 12.8 Å². The van der Waals surface area contributed by atoms with Gasteiger partial charge in [-0.15, -0.1) is 0 Å². The van der Waals surface area contributed by atoms with Crippen LogP contribution in [0, 0.1) is 23.7 Å². The maximum Gasteiger partial charge on any atom is 0.326 e. The zero-order valence-electron chi connectivity index (χ0n) is 10.5. The van der Waals surface area contributed by atoms with Crippen LogP contribution in [-0.2, 0) is 9.59 Å². The molecule has 96 valence electrons. The number of amides is 1. The molecule has 2 rings (SSSR count). The minimum absolute atomic E-state index is 0.0389. The molecule has 0 radical (unpaired) electrons. The molecule has 1 amide bonds. The van der Waals surface area contributed by atoms with Crippen LogP contribution in [0.5, 0.6) is 0 Å². The third-order valence-corrected chi connectivity index (χ3v) is 4.19. The average molecular weight is 239 g/mol. The van der Waals surface area contributed by atoms with Crippen LogP contribution in [0.3, 0.4) is 0 Å². The highest BCUT2D eigenvalue weighted by atomic mass is 16.4. The van der Waals surface area contributed by atoms with Gasteiger partial charge in [0.25, 0.3) is 0 Å². The number of carbonyl (C=O) groups excluding carboxylic acids is 1. The Labute approximate surface area is 102 Å². The summed E-state index contributed by atoms with van der Waals surface area (Å²) in [5.41, 5.74) is 0. The van der Waals surface area contributed by atoms with Gasteiger partial charge in [-0.05, 0) is 30.6 Å². The SMILES string of the molecule is CC(C)C(NC(=O)C1C2CCCCC21)C(=O)O. The number of hydrogen-bond donors (Lipinski definition) is 2. The third-order valence-electron chi connectivity index (χ3n) is 4.19. The zero-order valence-corrected chi connectivity index (χ0v) is 10.5. The van der Waals surface area contributed by atoms with Crippen molar-refractivity contribution >= 4 is 11.9 Å². The lowest BCUT2D eigenvalue weighted by Crippen LogP contribution is -2.45. The minimum atomic E-state index is -0.933. The van der Waals surface area contributed by atoms with Crippen LogP contribution >= 0.6 is 0 Å². The summed E-state index contributed by atoms with van der Waals surface area (Å²) < 4.78 is 0. The molecule has 3 atom stereocenters. The average Bonchev–Trinajstić information content (AvgIpc) is 2.98. The Kier molecular flexibility index (Phi) is 3.40. The van der Waals surface area contributed by atoms with Crippen molar-refractivity contribution in [2.45, 2.75) is 45.6 Å². The molecule has 4 heteroatoms. The van der Waals surface area contributed by atoms with Crippen molar-refractivity contribution in [3.8, 4) is 0 Å². The van der Waals surface area contributed by atoms with Gasteiger partial charge in [0.2, 0.25) is 5.91 Å². The van der Waals surface area contributed by atoms with Gasteiger partial charge in [-0.25, -0.2) is 4.79 Å². The number of rotatable bonds is 4. The number of hydrogen-bond acceptors (Lipinski definition) is 2. The van der Waals surface area contributed by atoms with Crippen molar-refractivity contribution in [3.05, 3.63) is 0 Å². The maximum absolute atomic E-state index is 12.0. The van der Waals surface area contributed by atoms with Crippen molar-refractivity contribution in [2.75, 3.05) is 0 Å². The van der Waals surface area contributed by atoms with Crippen molar-refractivity contribution < 1.29 is 14.7 Å². The molecular weight excluding hydrogens is 218 g/mol. The first-order valence-electron chi connectivity index (χ1n) is 6.55. The van der Waals surface area contributed by atoms with E-state index in [4.69, 9.17) is 5.11 Å². The van der Waals surface area contributed by atoms with Gasteiger partial charge in [-0.2, -0.15) is 0 Å². The smallest absolute Gasteiger partial charge is 0.326 e. The summed E-state index contributed by atoms with van der Waals surface area (Å²) >= 11 is 0. The van der Waals surface area contributed by atoms with Crippen LogP contribution in [0.2, 0.25) is 0 Å². The number of nitrogens with one attached hydrogen (secondary N) is 1. The zero-order chi connectivity index (χ0) is 12.6. The molecule has 0 spiro atoms. The van der Waals surface area contributed by atoms with Gasteiger partial charge in [0, 0.05) is 5.92 Å². The summed E-state index contributed by atoms with van der Waals surface area (Å²) in [6.07, 6.45) is 4.72. The fraction of sp³-hybridized carbons (Fsp3) is 0.846. The summed E-state index contributed by atoms with van der Waals surface area (Å²) in [6, 6.07) is -0.745.